The number of methoxy groups -OCH3 is 2. The maximum Gasteiger partial charge on any atom is 0.274 e. The molecule has 212 valence electrons. The Bertz CT molecular complexity index is 1950. The summed E-state index contributed by atoms with van der Waals surface area (Å²) in [6.07, 6.45) is 1.59. The lowest BCUT2D eigenvalue weighted by molar-refractivity contribution is -0.116. The Hall–Kier alpha value is -5.47. The second-order valence-electron chi connectivity index (χ2n) is 9.34. The molecule has 3 aromatic carbocycles. The number of benzene rings is 3. The topological polar surface area (TPSA) is 160 Å². The number of nitrogens with two attached hydrogens (primary N) is 1. The Morgan fingerprint density at radius 1 is 1.07 bits per heavy atom. The van der Waals surface area contributed by atoms with Crippen molar-refractivity contribution in [1.82, 2.24) is 9.88 Å². The summed E-state index contributed by atoms with van der Waals surface area (Å²) < 4.78 is 12.2. The van der Waals surface area contributed by atoms with Gasteiger partial charge >= 0.3 is 0 Å². The molecule has 5 N–H and O–H groups in total. The van der Waals surface area contributed by atoms with Gasteiger partial charge in [0.1, 0.15) is 10.5 Å². The van der Waals surface area contributed by atoms with Gasteiger partial charge in [0, 0.05) is 6.54 Å². The van der Waals surface area contributed by atoms with Crippen LogP contribution in [0.4, 0.5) is 0 Å². The highest BCUT2D eigenvalue weighted by molar-refractivity contribution is 7.07. The fraction of sp³-hybridized carbons (Fsp3) is 0.129. The molecule has 1 aliphatic heterocycles. The van der Waals surface area contributed by atoms with Gasteiger partial charge in [0.2, 0.25) is 0 Å². The zero-order chi connectivity index (χ0) is 30.0. The third-order valence-electron chi connectivity index (χ3n) is 6.85. The van der Waals surface area contributed by atoms with E-state index in [0.717, 1.165) is 16.9 Å². The number of fused-ring (bicyclic) bond motifs is 1. The number of aromatic hydroxyl groups is 2. The first kappa shape index (κ1) is 28.1. The largest absolute Gasteiger partial charge is 0.504 e. The van der Waals surface area contributed by atoms with Crippen LogP contribution in [0.25, 0.3) is 17.5 Å². The second kappa shape index (κ2) is 11.6. The minimum atomic E-state index is -0.958. The Morgan fingerprint density at radius 3 is 2.40 bits per heavy atom. The summed E-state index contributed by atoms with van der Waals surface area (Å²) in [7, 11) is 2.81. The van der Waals surface area contributed by atoms with Gasteiger partial charge in [-0.25, -0.2) is 0 Å². The van der Waals surface area contributed by atoms with Gasteiger partial charge in [-0.05, 0) is 47.0 Å². The molecule has 0 saturated heterocycles. The standard InChI is InChI=1S/C31H26N4O6S/c1-40-23-12-18(8-10-21(23)36)13-25-30(39)35-28(33)20(15-32)26(19-9-11-22(37)24(14-19)41-2)27(31(35)42-25)29(38)34-16-17-6-4-3-5-7-17/h3-14,26,36-37H,16,33H2,1-2H3,(H,34,38)/b25-13-. The smallest absolute Gasteiger partial charge is 0.274 e. The van der Waals surface area contributed by atoms with Gasteiger partial charge in [-0.3, -0.25) is 14.2 Å². The van der Waals surface area contributed by atoms with Crippen molar-refractivity contribution in [2.75, 3.05) is 14.2 Å². The molecule has 0 saturated carbocycles. The summed E-state index contributed by atoms with van der Waals surface area (Å²) in [5, 5.41) is 33.3. The van der Waals surface area contributed by atoms with E-state index in [9.17, 15) is 25.1 Å². The first-order valence-corrected chi connectivity index (χ1v) is 13.5. The molecule has 11 heteroatoms. The highest BCUT2D eigenvalue weighted by atomic mass is 32.1. The summed E-state index contributed by atoms with van der Waals surface area (Å²) in [5.41, 5.74) is 7.99. The van der Waals surface area contributed by atoms with Gasteiger partial charge in [-0.1, -0.05) is 42.5 Å². The highest BCUT2D eigenvalue weighted by Gasteiger charge is 2.36. The van der Waals surface area contributed by atoms with Crippen LogP contribution in [-0.2, 0) is 11.3 Å². The van der Waals surface area contributed by atoms with Crippen molar-refractivity contribution in [2.45, 2.75) is 12.5 Å². The predicted molar refractivity (Wildman–Crippen MR) is 158 cm³/mol. The molecular weight excluding hydrogens is 556 g/mol. The number of phenolic OH excluding ortho intramolecular Hbond substituents is 2. The van der Waals surface area contributed by atoms with Crippen molar-refractivity contribution in [3.05, 3.63) is 109 Å². The molecule has 42 heavy (non-hydrogen) atoms. The minimum Gasteiger partial charge on any atom is -0.504 e. The van der Waals surface area contributed by atoms with Crippen molar-refractivity contribution >= 4 is 34.7 Å². The number of hydrogen-bond acceptors (Lipinski definition) is 9. The van der Waals surface area contributed by atoms with Crippen LogP contribution in [0.5, 0.6) is 23.0 Å². The maximum absolute atomic E-state index is 13.9. The van der Waals surface area contributed by atoms with Crippen molar-refractivity contribution in [3.63, 3.8) is 0 Å². The van der Waals surface area contributed by atoms with Gasteiger partial charge in [-0.15, -0.1) is 11.3 Å². The molecular formula is C31H26N4O6S. The van der Waals surface area contributed by atoms with E-state index >= 15 is 0 Å². The molecule has 0 aliphatic carbocycles. The number of amides is 1. The van der Waals surface area contributed by atoms with E-state index in [2.05, 4.69) is 11.4 Å². The summed E-state index contributed by atoms with van der Waals surface area (Å²) in [6.45, 7) is 0.206. The quantitative estimate of drug-likeness (QED) is 0.258. The number of carbonyl (C=O) groups excluding carboxylic acids is 1. The zero-order valence-electron chi connectivity index (χ0n) is 22.6. The Labute approximate surface area is 244 Å². The summed E-state index contributed by atoms with van der Waals surface area (Å²) in [4.78, 5) is 27.6. The number of allylic oxidation sites excluding steroid dienone is 1. The van der Waals surface area contributed by atoms with Crippen molar-refractivity contribution in [3.8, 4) is 29.1 Å². The van der Waals surface area contributed by atoms with Crippen molar-refractivity contribution < 1.29 is 24.5 Å². The first-order valence-electron chi connectivity index (χ1n) is 12.7. The predicted octanol–water partition coefficient (Wildman–Crippen LogP) is 2.08. The molecule has 1 aliphatic rings. The van der Waals surface area contributed by atoms with E-state index < -0.39 is 17.4 Å². The van der Waals surface area contributed by atoms with Crippen LogP contribution in [0, 0.1) is 11.3 Å². The fourth-order valence-corrected chi connectivity index (χ4v) is 5.96. The third-order valence-corrected chi connectivity index (χ3v) is 7.96. The SMILES string of the molecule is COc1cc(/C=c2\sc3n(c2=O)C(N)=C(C#N)C(c2ccc(O)c(OC)c2)C=3C(=O)NCc2ccccc2)ccc1O. The van der Waals surface area contributed by atoms with E-state index in [-0.39, 0.29) is 55.7 Å². The monoisotopic (exact) mass is 582 g/mol. The van der Waals surface area contributed by atoms with Crippen LogP contribution < -0.4 is 35.3 Å². The summed E-state index contributed by atoms with van der Waals surface area (Å²) in [6, 6.07) is 20.6. The van der Waals surface area contributed by atoms with Gasteiger partial charge in [-0.2, -0.15) is 5.26 Å². The Morgan fingerprint density at radius 2 is 1.74 bits per heavy atom. The van der Waals surface area contributed by atoms with Crippen LogP contribution in [0.15, 0.2) is 77.1 Å². The number of nitrogens with one attached hydrogen (secondary N) is 1. The fourth-order valence-electron chi connectivity index (χ4n) is 4.78. The number of phenols is 2. The molecule has 0 bridgehead atoms. The van der Waals surface area contributed by atoms with Crippen molar-refractivity contribution in [1.29, 1.82) is 5.26 Å². The highest BCUT2D eigenvalue weighted by Crippen LogP contribution is 2.39. The van der Waals surface area contributed by atoms with E-state index in [4.69, 9.17) is 15.2 Å². The van der Waals surface area contributed by atoms with Gasteiger partial charge in [0.05, 0.1) is 41.9 Å². The van der Waals surface area contributed by atoms with Crippen LogP contribution >= 0.6 is 11.3 Å². The molecule has 2 heterocycles. The average Bonchev–Trinajstić information content (AvgIpc) is 3.32. The molecule has 10 nitrogen and oxygen atoms in total. The molecule has 0 spiro atoms. The van der Waals surface area contributed by atoms with Gasteiger partial charge in [0.15, 0.2) is 23.0 Å². The number of thiazole rings is 1. The molecule has 1 unspecified atom stereocenters. The first-order chi connectivity index (χ1) is 20.3. The van der Waals surface area contributed by atoms with Crippen LogP contribution in [0.1, 0.15) is 22.6 Å². The molecule has 0 radical (unpaired) electrons. The number of carbonyl (C=O) groups is 1. The number of aromatic nitrogens is 1. The van der Waals surface area contributed by atoms with E-state index in [1.54, 1.807) is 24.3 Å². The number of nitrogens with zero attached hydrogens (tertiary/aromatic N) is 2. The Kier molecular flexibility index (Phi) is 7.73. The summed E-state index contributed by atoms with van der Waals surface area (Å²) in [5.74, 6) is -1.35. The minimum absolute atomic E-state index is 0.00198. The Balaban J connectivity index is 1.77. The second-order valence-corrected chi connectivity index (χ2v) is 10.4. The van der Waals surface area contributed by atoms with Gasteiger partial charge < -0.3 is 30.7 Å². The normalized spacial score (nSPS) is 14.7. The summed E-state index contributed by atoms with van der Waals surface area (Å²) >= 11 is 1.05. The number of rotatable bonds is 7. The zero-order valence-corrected chi connectivity index (χ0v) is 23.4. The maximum atomic E-state index is 13.9. The van der Waals surface area contributed by atoms with Crippen LogP contribution in [-0.4, -0.2) is 34.9 Å². The molecule has 1 atom stereocenters. The lowest BCUT2D eigenvalue weighted by atomic mass is 9.83. The molecule has 0 fully saturated rings. The lowest BCUT2D eigenvalue weighted by Crippen LogP contribution is -2.41. The van der Waals surface area contributed by atoms with E-state index in [1.165, 1.54) is 37.0 Å². The molecule has 1 amide bonds. The number of nitriles is 1. The average molecular weight is 583 g/mol. The molecule has 4 aromatic rings. The third kappa shape index (κ3) is 5.07. The number of hydrogen-bond donors (Lipinski definition) is 4. The number of ether oxygens (including phenoxy) is 2. The van der Waals surface area contributed by atoms with Gasteiger partial charge in [0.25, 0.3) is 11.5 Å². The lowest BCUT2D eigenvalue weighted by Gasteiger charge is -2.25. The molecule has 5 rings (SSSR count). The van der Waals surface area contributed by atoms with Crippen LogP contribution in [0.3, 0.4) is 0 Å². The van der Waals surface area contributed by atoms with Crippen molar-refractivity contribution in [2.24, 2.45) is 5.73 Å². The molecule has 1 aromatic heterocycles. The van der Waals surface area contributed by atoms with Crippen LogP contribution in [0.2, 0.25) is 0 Å². The van der Waals surface area contributed by atoms with E-state index in [0.29, 0.717) is 11.1 Å². The van der Waals surface area contributed by atoms with E-state index in [1.807, 2.05) is 30.3 Å².